The predicted octanol–water partition coefficient (Wildman–Crippen LogP) is 14.5. The van der Waals surface area contributed by atoms with Gasteiger partial charge in [0, 0.05) is 0 Å². The van der Waals surface area contributed by atoms with Gasteiger partial charge in [0.2, 0.25) is 0 Å². The molecule has 260 valence electrons. The highest BCUT2D eigenvalue weighted by molar-refractivity contribution is 5.30. The summed E-state index contributed by atoms with van der Waals surface area (Å²) < 4.78 is 0. The van der Waals surface area contributed by atoms with Gasteiger partial charge in [-0.15, -0.1) is 0 Å². The lowest BCUT2D eigenvalue weighted by Crippen LogP contribution is -2.37. The first kappa shape index (κ1) is 43.6. The minimum Gasteiger partial charge on any atom is -0.386 e. The third-order valence-corrected chi connectivity index (χ3v) is 9.99. The maximum atomic E-state index is 10.5. The van der Waals surface area contributed by atoms with Crippen molar-refractivity contribution in [1.82, 2.24) is 0 Å². The van der Waals surface area contributed by atoms with E-state index in [9.17, 15) is 5.11 Å². The van der Waals surface area contributed by atoms with E-state index >= 15 is 0 Å². The minimum atomic E-state index is -0.786. The van der Waals surface area contributed by atoms with Crippen LogP contribution in [0.3, 0.4) is 0 Å². The van der Waals surface area contributed by atoms with Crippen molar-refractivity contribution in [1.29, 1.82) is 0 Å². The fourth-order valence-corrected chi connectivity index (χ4v) is 5.28. The van der Waals surface area contributed by atoms with Crippen LogP contribution >= 0.6 is 0 Å². The van der Waals surface area contributed by atoms with Crippen LogP contribution in [0.2, 0.25) is 0 Å². The summed E-state index contributed by atoms with van der Waals surface area (Å²) >= 11 is 0. The van der Waals surface area contributed by atoms with Crippen LogP contribution in [-0.2, 0) is 0 Å². The van der Waals surface area contributed by atoms with Crippen LogP contribution in [-0.4, -0.2) is 10.7 Å². The molecule has 0 aliphatic carbocycles. The van der Waals surface area contributed by atoms with Gasteiger partial charge in [0.25, 0.3) is 0 Å². The summed E-state index contributed by atoms with van der Waals surface area (Å²) in [4.78, 5) is 0. The van der Waals surface area contributed by atoms with Crippen LogP contribution in [0, 0.1) is 10.8 Å². The summed E-state index contributed by atoms with van der Waals surface area (Å²) in [6, 6.07) is 0. The molecule has 0 bridgehead atoms. The van der Waals surface area contributed by atoms with Crippen molar-refractivity contribution in [3.63, 3.8) is 0 Å². The number of hydrogen-bond acceptors (Lipinski definition) is 1. The largest absolute Gasteiger partial charge is 0.386 e. The van der Waals surface area contributed by atoms with E-state index in [-0.39, 0.29) is 10.8 Å². The lowest BCUT2D eigenvalue weighted by molar-refractivity contribution is 0.111. The maximum Gasteiger partial charge on any atom is 0.0800 e. The van der Waals surface area contributed by atoms with Crippen molar-refractivity contribution in [3.8, 4) is 0 Å². The average molecular weight is 631 g/mol. The third kappa shape index (κ3) is 20.0. The van der Waals surface area contributed by atoms with Crippen LogP contribution < -0.4 is 0 Å². The van der Waals surface area contributed by atoms with Gasteiger partial charge in [-0.05, 0) is 148 Å². The first-order chi connectivity index (χ1) is 21.8. The summed E-state index contributed by atoms with van der Waals surface area (Å²) in [5.74, 6) is 0. The molecule has 0 unspecified atom stereocenters. The topological polar surface area (TPSA) is 20.2 Å². The van der Waals surface area contributed by atoms with Gasteiger partial charge >= 0.3 is 0 Å². The maximum absolute atomic E-state index is 10.5. The van der Waals surface area contributed by atoms with E-state index in [2.05, 4.69) is 147 Å². The van der Waals surface area contributed by atoms with E-state index in [1.54, 1.807) is 0 Å². The Hall–Kier alpha value is -2.38. The summed E-state index contributed by atoms with van der Waals surface area (Å²) in [6.07, 6.45) is 50.6. The van der Waals surface area contributed by atoms with E-state index in [0.29, 0.717) is 0 Å². The fourth-order valence-electron chi connectivity index (χ4n) is 5.28. The molecule has 0 aromatic rings. The molecule has 46 heavy (non-hydrogen) atoms. The summed E-state index contributed by atoms with van der Waals surface area (Å²) in [5.41, 5.74) is 2.95. The molecule has 0 radical (unpaired) electrons. The van der Waals surface area contributed by atoms with Gasteiger partial charge < -0.3 is 5.11 Å². The van der Waals surface area contributed by atoms with Crippen molar-refractivity contribution < 1.29 is 5.11 Å². The van der Waals surface area contributed by atoms with Gasteiger partial charge in [-0.2, -0.15) is 0 Å². The second kappa shape index (κ2) is 25.7. The number of unbranched alkanes of at least 4 members (excludes halogenated alkanes) is 7. The van der Waals surface area contributed by atoms with E-state index in [1.807, 2.05) is 13.8 Å². The van der Waals surface area contributed by atoms with Gasteiger partial charge in [-0.1, -0.05) is 130 Å². The van der Waals surface area contributed by atoms with Crippen LogP contribution in [0.25, 0.3) is 0 Å². The van der Waals surface area contributed by atoms with Crippen LogP contribution in [0.4, 0.5) is 0 Å². The molecule has 1 heteroatoms. The highest BCUT2D eigenvalue weighted by Gasteiger charge is 2.41. The molecule has 0 fully saturated rings. The zero-order valence-electron chi connectivity index (χ0n) is 32.0. The summed E-state index contributed by atoms with van der Waals surface area (Å²) in [6.45, 7) is 21.7. The van der Waals surface area contributed by atoms with Crippen molar-refractivity contribution in [2.75, 3.05) is 0 Å². The number of allylic oxidation sites excluding steroid dienone is 17. The Balaban J connectivity index is 4.02. The molecule has 0 saturated carbocycles. The molecular weight excluding hydrogens is 556 g/mol. The van der Waals surface area contributed by atoms with Gasteiger partial charge in [-0.3, -0.25) is 0 Å². The van der Waals surface area contributed by atoms with E-state index in [0.717, 1.165) is 95.5 Å². The molecule has 0 aromatic carbocycles. The smallest absolute Gasteiger partial charge is 0.0800 e. The molecule has 0 aromatic heterocycles. The van der Waals surface area contributed by atoms with E-state index < -0.39 is 5.60 Å². The highest BCUT2D eigenvalue weighted by Crippen LogP contribution is 2.50. The second-order valence-corrected chi connectivity index (χ2v) is 14.4. The Kier molecular flexibility index (Phi) is 24.3. The molecule has 0 spiro atoms. The SMILES string of the molecule is C/C=C/CC/C=C/CC/C=C/CC/C=C/CC/C=C/CC/C=C/CC/C=C/CC/C=C(\C)C(C)(C)C(C)(C)/C(C)=C(\C)C(C)(C)O. The predicted molar refractivity (Wildman–Crippen MR) is 210 cm³/mol. The summed E-state index contributed by atoms with van der Waals surface area (Å²) in [7, 11) is 0. The highest BCUT2D eigenvalue weighted by atomic mass is 16.3. The molecule has 1 N–H and O–H groups in total. The molecule has 0 atom stereocenters. The Morgan fingerprint density at radius 1 is 0.391 bits per heavy atom. The number of hydrogen-bond donors (Lipinski definition) is 1. The minimum absolute atomic E-state index is 0.00552. The van der Waals surface area contributed by atoms with Crippen molar-refractivity contribution in [2.45, 2.75) is 165 Å². The van der Waals surface area contributed by atoms with Gasteiger partial charge in [0.1, 0.15) is 0 Å². The quantitative estimate of drug-likeness (QED) is 0.0786. The fraction of sp³-hybridized carbons (Fsp3) is 0.600. The molecule has 0 rings (SSSR count). The van der Waals surface area contributed by atoms with Crippen molar-refractivity contribution >= 4 is 0 Å². The zero-order valence-corrected chi connectivity index (χ0v) is 32.0. The standard InChI is InChI=1S/C45H74O/c1-11-12-13-14-15-16-17-18-19-20-21-22-23-24-25-26-27-28-29-30-31-32-33-34-35-36-37-38-39-40(2)43(5,6)44(7,8)41(3)42(4)45(9,10)46/h11-12,15-16,19-20,23-24,27-28,31-32,35-36,39,46H,13-14,17-18,21-22,25-26,29-30,33-34,37-38H2,1-10H3/b12-11+,16-15+,20-19+,24-23+,28-27+,32-31+,36-35+,40-39+,42-41+. The molecule has 0 saturated heterocycles. The molecule has 0 amide bonds. The molecule has 0 heterocycles. The van der Waals surface area contributed by atoms with Crippen molar-refractivity contribution in [2.24, 2.45) is 10.8 Å². The van der Waals surface area contributed by atoms with Gasteiger partial charge in [0.05, 0.1) is 5.60 Å². The van der Waals surface area contributed by atoms with E-state index in [4.69, 9.17) is 0 Å². The first-order valence-electron chi connectivity index (χ1n) is 18.4. The summed E-state index contributed by atoms with van der Waals surface area (Å²) in [5, 5.41) is 10.5. The van der Waals surface area contributed by atoms with E-state index in [1.165, 1.54) is 11.1 Å². The average Bonchev–Trinajstić information content (AvgIpc) is 3.00. The zero-order chi connectivity index (χ0) is 34.7. The monoisotopic (exact) mass is 631 g/mol. The Morgan fingerprint density at radius 2 is 0.652 bits per heavy atom. The van der Waals surface area contributed by atoms with Crippen molar-refractivity contribution in [3.05, 3.63) is 108 Å². The Morgan fingerprint density at radius 3 is 0.913 bits per heavy atom. The number of aliphatic hydroxyl groups is 1. The molecular formula is C45H74O. The number of rotatable bonds is 25. The normalized spacial score (nSPS) is 15.1. The molecule has 0 aliphatic heterocycles. The Labute approximate surface area is 287 Å². The van der Waals surface area contributed by atoms with Crippen LogP contribution in [0.15, 0.2) is 108 Å². The first-order valence-corrected chi connectivity index (χ1v) is 18.4. The Bertz CT molecular complexity index is 1050. The molecule has 1 nitrogen and oxygen atoms in total. The van der Waals surface area contributed by atoms with Gasteiger partial charge in [0.15, 0.2) is 0 Å². The third-order valence-electron chi connectivity index (χ3n) is 9.99. The lowest BCUT2D eigenvalue weighted by atomic mass is 9.59. The lowest BCUT2D eigenvalue weighted by Gasteiger charge is -2.45. The second-order valence-electron chi connectivity index (χ2n) is 14.4. The molecule has 0 aliphatic rings. The van der Waals surface area contributed by atoms with Crippen LogP contribution in [0.1, 0.15) is 159 Å². The van der Waals surface area contributed by atoms with Gasteiger partial charge in [-0.25, -0.2) is 0 Å². The van der Waals surface area contributed by atoms with Crippen LogP contribution in [0.5, 0.6) is 0 Å².